The van der Waals surface area contributed by atoms with Crippen molar-refractivity contribution in [3.63, 3.8) is 0 Å². The molecule has 0 saturated heterocycles. The Bertz CT molecular complexity index is 924. The van der Waals surface area contributed by atoms with Gasteiger partial charge in [-0.25, -0.2) is 0 Å². The summed E-state index contributed by atoms with van der Waals surface area (Å²) in [4.78, 5) is 2.34. The summed E-state index contributed by atoms with van der Waals surface area (Å²) in [6.45, 7) is 14.2. The molecule has 0 N–H and O–H groups in total. The molecule has 1 aliphatic heterocycles. The fraction of sp³-hybridized carbons (Fsp3) is 0.423. The standard InChI is InChI=1S/C26H35N2O/c1-7-26(5)22-13-11-12-14-23(22)28(10-4)25(26)18-16-20-15-17-21(19-24(20)29-6)27(8-2)9-3/h11-19H,7-10H2,1-6H3/q+1. The van der Waals surface area contributed by atoms with Gasteiger partial charge in [-0.05, 0) is 52.3 Å². The minimum atomic E-state index is 0.0253. The molecule has 1 unspecified atom stereocenters. The van der Waals surface area contributed by atoms with Crippen LogP contribution in [0.2, 0.25) is 0 Å². The zero-order valence-electron chi connectivity index (χ0n) is 18.8. The third-order valence-electron chi connectivity index (χ3n) is 6.44. The fourth-order valence-corrected chi connectivity index (χ4v) is 4.52. The molecule has 0 fully saturated rings. The molecule has 2 aromatic carbocycles. The number of para-hydroxylation sites is 1. The fourth-order valence-electron chi connectivity index (χ4n) is 4.52. The van der Waals surface area contributed by atoms with E-state index >= 15 is 0 Å². The Morgan fingerprint density at radius 2 is 1.72 bits per heavy atom. The first-order chi connectivity index (χ1) is 14.0. The number of hydrogen-bond acceptors (Lipinski definition) is 2. The summed E-state index contributed by atoms with van der Waals surface area (Å²) in [5.41, 5.74) is 6.46. The third-order valence-corrected chi connectivity index (χ3v) is 6.44. The molecule has 0 amide bonds. The molecule has 3 rings (SSSR count). The van der Waals surface area contributed by atoms with Gasteiger partial charge >= 0.3 is 0 Å². The van der Waals surface area contributed by atoms with Crippen molar-refractivity contribution in [2.75, 3.05) is 31.6 Å². The van der Waals surface area contributed by atoms with E-state index in [9.17, 15) is 0 Å². The second-order valence-corrected chi connectivity index (χ2v) is 7.76. The van der Waals surface area contributed by atoms with Crippen molar-refractivity contribution in [3.05, 3.63) is 59.7 Å². The largest absolute Gasteiger partial charge is 0.496 e. The SMILES string of the molecule is CCN(CC)c1ccc(/C=C/C2=[N+](CC)c3ccccc3C2(C)CC)c(OC)c1. The molecular weight excluding hydrogens is 356 g/mol. The maximum absolute atomic E-state index is 5.73. The Labute approximate surface area is 176 Å². The van der Waals surface area contributed by atoms with E-state index in [1.807, 2.05) is 0 Å². The predicted molar refractivity (Wildman–Crippen MR) is 125 cm³/mol. The average molecular weight is 392 g/mol. The molecule has 0 spiro atoms. The first kappa shape index (κ1) is 21.2. The Balaban J connectivity index is 2.03. The van der Waals surface area contributed by atoms with Crippen molar-refractivity contribution in [2.24, 2.45) is 0 Å². The van der Waals surface area contributed by atoms with Crippen LogP contribution in [-0.4, -0.2) is 37.0 Å². The van der Waals surface area contributed by atoms with E-state index in [0.29, 0.717) is 0 Å². The number of nitrogens with zero attached hydrogens (tertiary/aromatic N) is 2. The molecule has 0 aromatic heterocycles. The first-order valence-corrected chi connectivity index (χ1v) is 10.9. The second-order valence-electron chi connectivity index (χ2n) is 7.76. The number of ether oxygens (including phenoxy) is 1. The van der Waals surface area contributed by atoms with E-state index in [1.165, 1.54) is 22.6 Å². The van der Waals surface area contributed by atoms with Gasteiger partial charge < -0.3 is 9.64 Å². The van der Waals surface area contributed by atoms with Crippen molar-refractivity contribution >= 4 is 23.2 Å². The number of anilines is 1. The zero-order valence-corrected chi connectivity index (χ0v) is 18.8. The highest BCUT2D eigenvalue weighted by molar-refractivity contribution is 6.05. The van der Waals surface area contributed by atoms with Crippen LogP contribution >= 0.6 is 0 Å². The summed E-state index contributed by atoms with van der Waals surface area (Å²) in [5, 5.41) is 0. The number of rotatable bonds is 8. The minimum Gasteiger partial charge on any atom is -0.496 e. The number of methoxy groups -OCH3 is 1. The monoisotopic (exact) mass is 391 g/mol. The summed E-state index contributed by atoms with van der Waals surface area (Å²) in [5.74, 6) is 0.919. The van der Waals surface area contributed by atoms with Gasteiger partial charge in [0.05, 0.1) is 12.5 Å². The van der Waals surface area contributed by atoms with Crippen molar-refractivity contribution in [1.29, 1.82) is 0 Å². The van der Waals surface area contributed by atoms with Crippen LogP contribution in [0.4, 0.5) is 11.4 Å². The highest BCUT2D eigenvalue weighted by Gasteiger charge is 2.45. The van der Waals surface area contributed by atoms with E-state index in [4.69, 9.17) is 4.74 Å². The molecule has 1 atom stereocenters. The number of fused-ring (bicyclic) bond motifs is 1. The quantitative estimate of drug-likeness (QED) is 0.510. The van der Waals surface area contributed by atoms with Crippen LogP contribution in [0.5, 0.6) is 5.75 Å². The molecule has 29 heavy (non-hydrogen) atoms. The summed E-state index contributed by atoms with van der Waals surface area (Å²) < 4.78 is 8.18. The van der Waals surface area contributed by atoms with Crippen molar-refractivity contribution in [2.45, 2.75) is 46.5 Å². The minimum absolute atomic E-state index is 0.0253. The van der Waals surface area contributed by atoms with Gasteiger partial charge in [-0.1, -0.05) is 25.1 Å². The van der Waals surface area contributed by atoms with Gasteiger partial charge in [-0.3, -0.25) is 0 Å². The van der Waals surface area contributed by atoms with Crippen molar-refractivity contribution < 1.29 is 9.31 Å². The van der Waals surface area contributed by atoms with Crippen LogP contribution in [0.25, 0.3) is 6.08 Å². The summed E-state index contributed by atoms with van der Waals surface area (Å²) >= 11 is 0. The Kier molecular flexibility index (Phi) is 6.46. The van der Waals surface area contributed by atoms with E-state index < -0.39 is 0 Å². The molecule has 2 aromatic rings. The van der Waals surface area contributed by atoms with Crippen LogP contribution in [0.3, 0.4) is 0 Å². The molecule has 154 valence electrons. The van der Waals surface area contributed by atoms with Crippen LogP contribution in [0.15, 0.2) is 48.5 Å². The van der Waals surface area contributed by atoms with Crippen molar-refractivity contribution in [1.82, 2.24) is 0 Å². The topological polar surface area (TPSA) is 15.5 Å². The maximum atomic E-state index is 5.73. The first-order valence-electron chi connectivity index (χ1n) is 10.9. The molecule has 1 heterocycles. The summed E-state index contributed by atoms with van der Waals surface area (Å²) in [6, 6.07) is 15.3. The van der Waals surface area contributed by atoms with E-state index in [2.05, 4.69) is 98.7 Å². The van der Waals surface area contributed by atoms with E-state index in [-0.39, 0.29) is 5.41 Å². The van der Waals surface area contributed by atoms with Gasteiger partial charge in [0.1, 0.15) is 12.3 Å². The van der Waals surface area contributed by atoms with Gasteiger partial charge in [-0.2, -0.15) is 4.58 Å². The smallest absolute Gasteiger partial charge is 0.209 e. The molecule has 3 nitrogen and oxygen atoms in total. The van der Waals surface area contributed by atoms with Gasteiger partial charge in [0, 0.05) is 48.1 Å². The second kappa shape index (κ2) is 8.86. The highest BCUT2D eigenvalue weighted by atomic mass is 16.5. The number of benzene rings is 2. The normalized spacial score (nSPS) is 18.4. The molecule has 0 radical (unpaired) electrons. The van der Waals surface area contributed by atoms with Crippen LogP contribution in [0.1, 0.15) is 52.2 Å². The third kappa shape index (κ3) is 3.71. The molecule has 0 bridgehead atoms. The average Bonchev–Trinajstić information content (AvgIpc) is 3.01. The maximum Gasteiger partial charge on any atom is 0.209 e. The van der Waals surface area contributed by atoms with Gasteiger partial charge in [0.25, 0.3) is 0 Å². The van der Waals surface area contributed by atoms with Crippen LogP contribution < -0.4 is 9.64 Å². The summed E-state index contributed by atoms with van der Waals surface area (Å²) in [6.07, 6.45) is 5.57. The lowest BCUT2D eigenvalue weighted by Crippen LogP contribution is -2.30. The molecule has 0 aliphatic carbocycles. The van der Waals surface area contributed by atoms with E-state index in [1.54, 1.807) is 7.11 Å². The van der Waals surface area contributed by atoms with Crippen molar-refractivity contribution in [3.8, 4) is 5.75 Å². The molecule has 3 heteroatoms. The molecule has 1 aliphatic rings. The molecular formula is C26H35N2O+. The van der Waals surface area contributed by atoms with Gasteiger partial charge in [0.15, 0.2) is 5.71 Å². The van der Waals surface area contributed by atoms with Gasteiger partial charge in [0.2, 0.25) is 5.69 Å². The Hall–Kier alpha value is -2.55. The Morgan fingerprint density at radius 1 is 1.00 bits per heavy atom. The lowest BCUT2D eigenvalue weighted by molar-refractivity contribution is -0.433. The zero-order chi connectivity index (χ0) is 21.0. The Morgan fingerprint density at radius 3 is 2.34 bits per heavy atom. The summed E-state index contributed by atoms with van der Waals surface area (Å²) in [7, 11) is 1.76. The lowest BCUT2D eigenvalue weighted by atomic mass is 9.77. The van der Waals surface area contributed by atoms with E-state index in [0.717, 1.165) is 37.4 Å². The predicted octanol–water partition coefficient (Wildman–Crippen LogP) is 6.04. The number of allylic oxidation sites excluding steroid dienone is 1. The van der Waals surface area contributed by atoms with Crippen LogP contribution in [0, 0.1) is 0 Å². The molecule has 0 saturated carbocycles. The lowest BCUT2D eigenvalue weighted by Gasteiger charge is -2.22. The number of hydrogen-bond donors (Lipinski definition) is 0. The van der Waals surface area contributed by atoms with Crippen LogP contribution in [-0.2, 0) is 5.41 Å². The highest BCUT2D eigenvalue weighted by Crippen LogP contribution is 2.42. The van der Waals surface area contributed by atoms with Gasteiger partial charge in [-0.15, -0.1) is 0 Å².